The van der Waals surface area contributed by atoms with Gasteiger partial charge in [-0.25, -0.2) is 0 Å². The Morgan fingerprint density at radius 2 is 1.40 bits per heavy atom. The number of para-hydroxylation sites is 1. The van der Waals surface area contributed by atoms with Crippen molar-refractivity contribution in [2.24, 2.45) is 0 Å². The molecule has 3 aromatic rings. The lowest BCUT2D eigenvalue weighted by Crippen LogP contribution is -2.27. The summed E-state index contributed by atoms with van der Waals surface area (Å²) in [6, 6.07) is 15.2. The van der Waals surface area contributed by atoms with Crippen LogP contribution in [0.3, 0.4) is 0 Å². The summed E-state index contributed by atoms with van der Waals surface area (Å²) in [5.41, 5.74) is 1.56. The average Bonchev–Trinajstić information content (AvgIpc) is 3.05. The Bertz CT molecular complexity index is 1290. The SMILES string of the molecule is COc1cccc(CNc2nc(NCCOCCOCCNC(=O)c3ccccc3)nc(NC3CCCCCCC3)n2)c1OC. The van der Waals surface area contributed by atoms with Gasteiger partial charge in [0.15, 0.2) is 11.5 Å². The molecule has 2 aromatic carbocycles. The largest absolute Gasteiger partial charge is 0.493 e. The molecule has 45 heavy (non-hydrogen) atoms. The van der Waals surface area contributed by atoms with Gasteiger partial charge in [0.05, 0.1) is 40.6 Å². The van der Waals surface area contributed by atoms with Gasteiger partial charge >= 0.3 is 0 Å². The molecule has 0 radical (unpaired) electrons. The van der Waals surface area contributed by atoms with Gasteiger partial charge in [-0.3, -0.25) is 4.79 Å². The van der Waals surface area contributed by atoms with Crippen LogP contribution in [-0.4, -0.2) is 80.6 Å². The predicted octanol–water partition coefficient (Wildman–Crippen LogP) is 4.90. The first kappa shape index (κ1) is 33.7. The molecule has 12 heteroatoms. The minimum absolute atomic E-state index is 0.110. The van der Waals surface area contributed by atoms with E-state index in [1.165, 1.54) is 32.1 Å². The second kappa shape index (κ2) is 19.3. The maximum absolute atomic E-state index is 12.1. The van der Waals surface area contributed by atoms with E-state index in [1.807, 2.05) is 36.4 Å². The monoisotopic (exact) mass is 621 g/mol. The van der Waals surface area contributed by atoms with Crippen molar-refractivity contribution in [3.63, 3.8) is 0 Å². The van der Waals surface area contributed by atoms with E-state index in [0.717, 1.165) is 18.4 Å². The number of aromatic nitrogens is 3. The zero-order valence-corrected chi connectivity index (χ0v) is 26.5. The van der Waals surface area contributed by atoms with Crippen molar-refractivity contribution < 1.29 is 23.7 Å². The highest BCUT2D eigenvalue weighted by Crippen LogP contribution is 2.31. The number of carbonyl (C=O) groups is 1. The number of nitrogens with one attached hydrogen (secondary N) is 4. The smallest absolute Gasteiger partial charge is 0.251 e. The molecule has 12 nitrogen and oxygen atoms in total. The number of methoxy groups -OCH3 is 2. The topological polar surface area (TPSA) is 141 Å². The number of ether oxygens (including phenoxy) is 4. The summed E-state index contributed by atoms with van der Waals surface area (Å²) in [6.07, 6.45) is 8.48. The summed E-state index contributed by atoms with van der Waals surface area (Å²) in [5, 5.41) is 13.0. The van der Waals surface area contributed by atoms with Gasteiger partial charge in [-0.1, -0.05) is 62.4 Å². The first-order valence-electron chi connectivity index (χ1n) is 15.8. The Balaban J connectivity index is 1.24. The highest BCUT2D eigenvalue weighted by Gasteiger charge is 2.15. The molecule has 1 aliphatic carbocycles. The van der Waals surface area contributed by atoms with E-state index in [9.17, 15) is 4.79 Å². The number of rotatable bonds is 18. The van der Waals surface area contributed by atoms with E-state index in [0.29, 0.717) is 87.0 Å². The first-order chi connectivity index (χ1) is 22.2. The molecule has 0 unspecified atom stereocenters. The molecule has 1 fully saturated rings. The third-order valence-electron chi connectivity index (χ3n) is 7.46. The van der Waals surface area contributed by atoms with Gasteiger partial charge in [-0.05, 0) is 31.0 Å². The zero-order chi connectivity index (χ0) is 31.5. The molecule has 0 saturated heterocycles. The molecule has 1 heterocycles. The quantitative estimate of drug-likeness (QED) is 0.144. The summed E-state index contributed by atoms with van der Waals surface area (Å²) in [7, 11) is 3.25. The number of benzene rings is 2. The van der Waals surface area contributed by atoms with E-state index in [1.54, 1.807) is 26.4 Å². The predicted molar refractivity (Wildman–Crippen MR) is 175 cm³/mol. The van der Waals surface area contributed by atoms with Crippen LogP contribution in [0.25, 0.3) is 0 Å². The van der Waals surface area contributed by atoms with Crippen LogP contribution in [0.4, 0.5) is 17.8 Å². The van der Waals surface area contributed by atoms with E-state index in [4.69, 9.17) is 18.9 Å². The molecule has 1 aliphatic rings. The fourth-order valence-electron chi connectivity index (χ4n) is 5.13. The van der Waals surface area contributed by atoms with Crippen molar-refractivity contribution in [1.29, 1.82) is 0 Å². The zero-order valence-electron chi connectivity index (χ0n) is 26.5. The second-order valence-corrected chi connectivity index (χ2v) is 10.8. The standard InChI is InChI=1S/C33H47N7O5/c1-42-28-17-11-14-26(29(28)43-2)24-36-32-38-31(39-33(40-32)37-27-15-9-4-3-5-10-16-27)35-19-21-45-23-22-44-20-18-34-30(41)25-12-7-6-8-13-25/h6-8,11-14,17,27H,3-5,9-10,15-16,18-24H2,1-2H3,(H,34,41)(H3,35,36,37,38,39,40). The lowest BCUT2D eigenvalue weighted by molar-refractivity contribution is 0.0519. The summed E-state index contributed by atoms with van der Waals surface area (Å²) in [5.74, 6) is 2.70. The lowest BCUT2D eigenvalue weighted by Gasteiger charge is -2.21. The van der Waals surface area contributed by atoms with Gasteiger partial charge in [0, 0.05) is 36.8 Å². The third-order valence-corrected chi connectivity index (χ3v) is 7.46. The molecule has 244 valence electrons. The van der Waals surface area contributed by atoms with Crippen LogP contribution in [0.5, 0.6) is 11.5 Å². The van der Waals surface area contributed by atoms with Gasteiger partial charge in [0.2, 0.25) is 17.8 Å². The van der Waals surface area contributed by atoms with Crippen LogP contribution >= 0.6 is 0 Å². The van der Waals surface area contributed by atoms with Crippen molar-refractivity contribution in [2.75, 3.05) is 69.7 Å². The lowest BCUT2D eigenvalue weighted by atomic mass is 9.97. The van der Waals surface area contributed by atoms with Crippen LogP contribution in [0.2, 0.25) is 0 Å². The molecule has 4 rings (SSSR count). The summed E-state index contributed by atoms with van der Waals surface area (Å²) in [4.78, 5) is 26.0. The van der Waals surface area contributed by atoms with E-state index in [2.05, 4.69) is 36.2 Å². The maximum Gasteiger partial charge on any atom is 0.251 e. The van der Waals surface area contributed by atoms with Crippen LogP contribution in [0, 0.1) is 0 Å². The van der Waals surface area contributed by atoms with Gasteiger partial charge < -0.3 is 40.2 Å². The normalized spacial score (nSPS) is 13.7. The maximum atomic E-state index is 12.1. The summed E-state index contributed by atoms with van der Waals surface area (Å²) in [6.45, 7) is 3.15. The second-order valence-electron chi connectivity index (χ2n) is 10.8. The first-order valence-corrected chi connectivity index (χ1v) is 15.8. The fraction of sp³-hybridized carbons (Fsp3) is 0.515. The molecule has 1 aromatic heterocycles. The Kier molecular flexibility index (Phi) is 14.4. The minimum Gasteiger partial charge on any atom is -0.493 e. The summed E-state index contributed by atoms with van der Waals surface area (Å²) < 4.78 is 22.3. The molecule has 1 saturated carbocycles. The van der Waals surface area contributed by atoms with Crippen LogP contribution in [0.1, 0.15) is 60.9 Å². The van der Waals surface area contributed by atoms with Gasteiger partial charge in [0.1, 0.15) is 0 Å². The molecular formula is C33H47N7O5. The van der Waals surface area contributed by atoms with Crippen LogP contribution in [-0.2, 0) is 16.0 Å². The Hall–Kier alpha value is -4.16. The van der Waals surface area contributed by atoms with Crippen LogP contribution in [0.15, 0.2) is 48.5 Å². The fourth-order valence-corrected chi connectivity index (χ4v) is 5.13. The van der Waals surface area contributed by atoms with Gasteiger partial charge in [-0.15, -0.1) is 0 Å². The number of hydrogen-bond acceptors (Lipinski definition) is 11. The number of amides is 1. The number of carbonyl (C=O) groups excluding carboxylic acids is 1. The highest BCUT2D eigenvalue weighted by atomic mass is 16.5. The van der Waals surface area contributed by atoms with E-state index >= 15 is 0 Å². The Labute approximate surface area is 266 Å². The van der Waals surface area contributed by atoms with Crippen LogP contribution < -0.4 is 30.7 Å². The van der Waals surface area contributed by atoms with E-state index in [-0.39, 0.29) is 5.91 Å². The molecule has 0 bridgehead atoms. The molecule has 0 spiro atoms. The number of nitrogens with zero attached hydrogens (tertiary/aromatic N) is 3. The van der Waals surface area contributed by atoms with Crippen molar-refractivity contribution in [2.45, 2.75) is 57.5 Å². The van der Waals surface area contributed by atoms with Crippen molar-refractivity contribution in [3.8, 4) is 11.5 Å². The van der Waals surface area contributed by atoms with E-state index < -0.39 is 0 Å². The van der Waals surface area contributed by atoms with Crippen molar-refractivity contribution in [3.05, 3.63) is 59.7 Å². The minimum atomic E-state index is -0.110. The van der Waals surface area contributed by atoms with Crippen molar-refractivity contribution in [1.82, 2.24) is 20.3 Å². The van der Waals surface area contributed by atoms with Gasteiger partial charge in [-0.2, -0.15) is 15.0 Å². The van der Waals surface area contributed by atoms with Gasteiger partial charge in [0.25, 0.3) is 5.91 Å². The molecule has 0 aliphatic heterocycles. The molecule has 4 N–H and O–H groups in total. The molecule has 1 amide bonds. The Morgan fingerprint density at radius 1 is 0.733 bits per heavy atom. The highest BCUT2D eigenvalue weighted by molar-refractivity contribution is 5.94. The Morgan fingerprint density at radius 3 is 2.11 bits per heavy atom. The third kappa shape index (κ3) is 11.7. The average molecular weight is 622 g/mol. The molecule has 0 atom stereocenters. The molecular weight excluding hydrogens is 574 g/mol. The number of anilines is 3. The van der Waals surface area contributed by atoms with Crippen molar-refractivity contribution >= 4 is 23.8 Å². The number of hydrogen-bond donors (Lipinski definition) is 4. The summed E-state index contributed by atoms with van der Waals surface area (Å²) >= 11 is 0.